The van der Waals surface area contributed by atoms with E-state index in [0.29, 0.717) is 13.0 Å². The third-order valence-corrected chi connectivity index (χ3v) is 2.41. The zero-order chi connectivity index (χ0) is 12.0. The molecule has 0 spiro atoms. The molecule has 0 saturated heterocycles. The molecule has 4 heteroatoms. The van der Waals surface area contributed by atoms with Crippen LogP contribution in [-0.2, 0) is 23.0 Å². The van der Waals surface area contributed by atoms with Crippen molar-refractivity contribution in [3.63, 3.8) is 0 Å². The zero-order valence-corrected chi connectivity index (χ0v) is 10.3. The second-order valence-electron chi connectivity index (χ2n) is 3.90. The lowest BCUT2D eigenvalue weighted by molar-refractivity contribution is -0.130. The van der Waals surface area contributed by atoms with E-state index < -0.39 is 0 Å². The van der Waals surface area contributed by atoms with Gasteiger partial charge in [0.15, 0.2) is 5.78 Å². The van der Waals surface area contributed by atoms with Crippen LogP contribution in [0.3, 0.4) is 0 Å². The fourth-order valence-corrected chi connectivity index (χ4v) is 1.68. The van der Waals surface area contributed by atoms with E-state index in [0.717, 1.165) is 18.4 Å². The van der Waals surface area contributed by atoms with E-state index >= 15 is 0 Å². The molecule has 0 aliphatic heterocycles. The monoisotopic (exact) mass is 224 g/mol. The number of hydrogen-bond acceptors (Lipinski definition) is 3. The maximum atomic E-state index is 11.9. The number of rotatable bonds is 7. The first-order valence-electron chi connectivity index (χ1n) is 5.79. The molecule has 0 N–H and O–H groups in total. The van der Waals surface area contributed by atoms with Crippen LogP contribution in [0.2, 0.25) is 0 Å². The Morgan fingerprint density at radius 1 is 1.56 bits per heavy atom. The summed E-state index contributed by atoms with van der Waals surface area (Å²) in [7, 11) is 1.85. The fourth-order valence-electron chi connectivity index (χ4n) is 1.68. The number of carbonyl (C=O) groups excluding carboxylic acids is 1. The average molecular weight is 224 g/mol. The summed E-state index contributed by atoms with van der Waals surface area (Å²) in [5.74, 6) is 0.150. The Balaban J connectivity index is 2.54. The molecule has 1 unspecified atom stereocenters. The summed E-state index contributed by atoms with van der Waals surface area (Å²) in [4.78, 5) is 11.9. The molecule has 0 radical (unpaired) electrons. The van der Waals surface area contributed by atoms with E-state index in [9.17, 15) is 4.79 Å². The van der Waals surface area contributed by atoms with Crippen LogP contribution in [0.25, 0.3) is 0 Å². The Labute approximate surface area is 96.6 Å². The van der Waals surface area contributed by atoms with E-state index in [2.05, 4.69) is 12.0 Å². The van der Waals surface area contributed by atoms with Gasteiger partial charge in [-0.15, -0.1) is 0 Å². The van der Waals surface area contributed by atoms with Crippen LogP contribution in [0.1, 0.15) is 32.3 Å². The fraction of sp³-hybridized carbons (Fsp3) is 0.667. The predicted molar refractivity (Wildman–Crippen MR) is 62.2 cm³/mol. The van der Waals surface area contributed by atoms with Crippen LogP contribution in [0.4, 0.5) is 0 Å². The van der Waals surface area contributed by atoms with Gasteiger partial charge in [0.05, 0.1) is 6.20 Å². The van der Waals surface area contributed by atoms with Crippen LogP contribution in [0, 0.1) is 0 Å². The smallest absolute Gasteiger partial charge is 0.166 e. The molecule has 0 bridgehead atoms. The van der Waals surface area contributed by atoms with E-state index in [4.69, 9.17) is 4.74 Å². The lowest BCUT2D eigenvalue weighted by Crippen LogP contribution is -2.25. The van der Waals surface area contributed by atoms with E-state index in [1.165, 1.54) is 0 Å². The first kappa shape index (κ1) is 12.9. The maximum absolute atomic E-state index is 11.9. The van der Waals surface area contributed by atoms with Crippen molar-refractivity contribution in [1.82, 2.24) is 9.78 Å². The Morgan fingerprint density at radius 2 is 2.31 bits per heavy atom. The van der Waals surface area contributed by atoms with Crippen molar-refractivity contribution in [2.45, 2.75) is 39.2 Å². The highest BCUT2D eigenvalue weighted by atomic mass is 16.5. The number of nitrogens with zero attached hydrogens (tertiary/aromatic N) is 2. The number of hydrogen-bond donors (Lipinski definition) is 0. The Hall–Kier alpha value is -1.16. The van der Waals surface area contributed by atoms with Crippen LogP contribution >= 0.6 is 0 Å². The molecular weight excluding hydrogens is 204 g/mol. The molecule has 1 heterocycles. The minimum Gasteiger partial charge on any atom is -0.371 e. The standard InChI is InChI=1S/C12H20N2O2/c1-4-6-12(16-5-2)11(15)7-10-8-13-14(3)9-10/h8-9,12H,4-7H2,1-3H3. The van der Waals surface area contributed by atoms with Gasteiger partial charge in [-0.1, -0.05) is 13.3 Å². The van der Waals surface area contributed by atoms with Gasteiger partial charge in [0.25, 0.3) is 0 Å². The van der Waals surface area contributed by atoms with E-state index in [1.807, 2.05) is 20.2 Å². The van der Waals surface area contributed by atoms with Gasteiger partial charge >= 0.3 is 0 Å². The number of ketones is 1. The molecular formula is C12H20N2O2. The summed E-state index contributed by atoms with van der Waals surface area (Å²) in [6.07, 6.45) is 5.52. The van der Waals surface area contributed by atoms with Gasteiger partial charge in [0.2, 0.25) is 0 Å². The van der Waals surface area contributed by atoms with Gasteiger partial charge in [-0.05, 0) is 18.9 Å². The third-order valence-electron chi connectivity index (χ3n) is 2.41. The van der Waals surface area contributed by atoms with Gasteiger partial charge in [0.1, 0.15) is 6.10 Å². The van der Waals surface area contributed by atoms with Crippen molar-refractivity contribution < 1.29 is 9.53 Å². The second-order valence-corrected chi connectivity index (χ2v) is 3.90. The first-order valence-corrected chi connectivity index (χ1v) is 5.79. The second kappa shape index (κ2) is 6.43. The quantitative estimate of drug-likeness (QED) is 0.708. The zero-order valence-electron chi connectivity index (χ0n) is 10.3. The lowest BCUT2D eigenvalue weighted by Gasteiger charge is -2.14. The van der Waals surface area contributed by atoms with Gasteiger partial charge in [-0.2, -0.15) is 5.10 Å². The SMILES string of the molecule is CCCC(OCC)C(=O)Cc1cnn(C)c1. The highest BCUT2D eigenvalue weighted by Gasteiger charge is 2.18. The Kier molecular flexibility index (Phi) is 5.19. The topological polar surface area (TPSA) is 44.1 Å². The van der Waals surface area contributed by atoms with E-state index in [-0.39, 0.29) is 11.9 Å². The number of Topliss-reactive ketones (excluding diaryl/α,β-unsaturated/α-hetero) is 1. The summed E-state index contributed by atoms with van der Waals surface area (Å²) in [5.41, 5.74) is 0.952. The molecule has 1 aromatic heterocycles. The molecule has 0 fully saturated rings. The summed E-state index contributed by atoms with van der Waals surface area (Å²) in [5, 5.41) is 4.04. The predicted octanol–water partition coefficient (Wildman–Crippen LogP) is 1.74. The molecule has 1 rings (SSSR count). The molecule has 16 heavy (non-hydrogen) atoms. The number of ether oxygens (including phenoxy) is 1. The molecule has 0 aliphatic carbocycles. The van der Waals surface area contributed by atoms with Gasteiger partial charge in [0, 0.05) is 26.3 Å². The first-order chi connectivity index (χ1) is 7.67. The summed E-state index contributed by atoms with van der Waals surface area (Å²) in [6, 6.07) is 0. The van der Waals surface area contributed by atoms with Crippen molar-refractivity contribution in [2.24, 2.45) is 7.05 Å². The minimum atomic E-state index is -0.254. The molecule has 0 aliphatic rings. The summed E-state index contributed by atoms with van der Waals surface area (Å²) >= 11 is 0. The normalized spacial score (nSPS) is 12.7. The van der Waals surface area contributed by atoms with Crippen molar-refractivity contribution in [3.05, 3.63) is 18.0 Å². The van der Waals surface area contributed by atoms with E-state index in [1.54, 1.807) is 10.9 Å². The largest absolute Gasteiger partial charge is 0.371 e. The molecule has 4 nitrogen and oxygen atoms in total. The molecule has 0 aromatic carbocycles. The average Bonchev–Trinajstić information content (AvgIpc) is 2.63. The molecule has 0 saturated carbocycles. The summed E-state index contributed by atoms with van der Waals surface area (Å²) in [6.45, 7) is 4.56. The van der Waals surface area contributed by atoms with Gasteiger partial charge < -0.3 is 4.74 Å². The number of aromatic nitrogens is 2. The van der Waals surface area contributed by atoms with Crippen LogP contribution in [-0.4, -0.2) is 28.3 Å². The molecule has 1 atom stereocenters. The van der Waals surface area contributed by atoms with Crippen LogP contribution in [0.15, 0.2) is 12.4 Å². The number of aryl methyl sites for hydroxylation is 1. The maximum Gasteiger partial charge on any atom is 0.166 e. The summed E-state index contributed by atoms with van der Waals surface area (Å²) < 4.78 is 7.15. The molecule has 0 amide bonds. The van der Waals surface area contributed by atoms with Gasteiger partial charge in [-0.25, -0.2) is 0 Å². The highest BCUT2D eigenvalue weighted by Crippen LogP contribution is 2.08. The molecule has 1 aromatic rings. The van der Waals surface area contributed by atoms with Crippen LogP contribution < -0.4 is 0 Å². The van der Waals surface area contributed by atoms with Crippen molar-refractivity contribution in [2.75, 3.05) is 6.61 Å². The minimum absolute atomic E-state index is 0.150. The Morgan fingerprint density at radius 3 is 2.81 bits per heavy atom. The van der Waals surface area contributed by atoms with Crippen LogP contribution in [0.5, 0.6) is 0 Å². The van der Waals surface area contributed by atoms with Gasteiger partial charge in [-0.3, -0.25) is 9.48 Å². The third kappa shape index (κ3) is 3.77. The number of carbonyl (C=O) groups is 1. The van der Waals surface area contributed by atoms with Crippen molar-refractivity contribution in [1.29, 1.82) is 0 Å². The molecule has 90 valence electrons. The lowest BCUT2D eigenvalue weighted by atomic mass is 10.0. The van der Waals surface area contributed by atoms with Crippen molar-refractivity contribution >= 4 is 5.78 Å². The Bertz CT molecular complexity index is 328. The highest BCUT2D eigenvalue weighted by molar-refractivity contribution is 5.85. The van der Waals surface area contributed by atoms with Crippen molar-refractivity contribution in [3.8, 4) is 0 Å².